The van der Waals surface area contributed by atoms with Gasteiger partial charge in [-0.1, -0.05) is 11.6 Å². The molecular formula is C11H14ClN3O. The van der Waals surface area contributed by atoms with E-state index in [1.54, 1.807) is 12.1 Å². The van der Waals surface area contributed by atoms with Crippen molar-refractivity contribution in [2.45, 2.75) is 18.9 Å². The van der Waals surface area contributed by atoms with Crippen molar-refractivity contribution in [2.24, 2.45) is 0 Å². The van der Waals surface area contributed by atoms with Crippen molar-refractivity contribution in [3.05, 3.63) is 23.2 Å². The van der Waals surface area contributed by atoms with Crippen LogP contribution in [0.3, 0.4) is 0 Å². The number of rotatable bonds is 3. The summed E-state index contributed by atoms with van der Waals surface area (Å²) in [7, 11) is 0. The summed E-state index contributed by atoms with van der Waals surface area (Å²) >= 11 is 5.80. The molecule has 2 rings (SSSR count). The number of nitrogens with two attached hydrogens (primary N) is 1. The fourth-order valence-corrected chi connectivity index (χ4v) is 1.94. The van der Waals surface area contributed by atoms with Crippen LogP contribution in [0.1, 0.15) is 12.8 Å². The van der Waals surface area contributed by atoms with E-state index in [2.05, 4.69) is 10.6 Å². The van der Waals surface area contributed by atoms with Crippen molar-refractivity contribution in [2.75, 3.05) is 17.6 Å². The Bertz CT molecular complexity index is 408. The molecule has 1 saturated heterocycles. The van der Waals surface area contributed by atoms with Gasteiger partial charge in [0, 0.05) is 24.0 Å². The van der Waals surface area contributed by atoms with E-state index in [1.807, 2.05) is 6.07 Å². The van der Waals surface area contributed by atoms with Gasteiger partial charge >= 0.3 is 0 Å². The van der Waals surface area contributed by atoms with Gasteiger partial charge < -0.3 is 16.4 Å². The maximum Gasteiger partial charge on any atom is 0.220 e. The van der Waals surface area contributed by atoms with E-state index >= 15 is 0 Å². The maximum absolute atomic E-state index is 11.0. The number of carbonyl (C=O) groups is 1. The van der Waals surface area contributed by atoms with Crippen LogP contribution in [0.25, 0.3) is 0 Å². The number of carbonyl (C=O) groups excluding carboxylic acids is 1. The van der Waals surface area contributed by atoms with Gasteiger partial charge in [-0.2, -0.15) is 0 Å². The van der Waals surface area contributed by atoms with E-state index in [9.17, 15) is 4.79 Å². The van der Waals surface area contributed by atoms with Crippen LogP contribution in [0.15, 0.2) is 18.2 Å². The second-order valence-corrected chi connectivity index (χ2v) is 4.35. The van der Waals surface area contributed by atoms with Gasteiger partial charge in [0.1, 0.15) is 0 Å². The van der Waals surface area contributed by atoms with Crippen molar-refractivity contribution < 1.29 is 4.79 Å². The fraction of sp³-hybridized carbons (Fsp3) is 0.364. The molecule has 1 heterocycles. The van der Waals surface area contributed by atoms with E-state index in [-0.39, 0.29) is 11.9 Å². The molecule has 1 atom stereocenters. The molecule has 1 unspecified atom stereocenters. The number of benzene rings is 1. The lowest BCUT2D eigenvalue weighted by Gasteiger charge is -2.14. The molecule has 1 fully saturated rings. The second-order valence-electron chi connectivity index (χ2n) is 3.92. The minimum atomic E-state index is 0.121. The van der Waals surface area contributed by atoms with E-state index in [0.29, 0.717) is 23.7 Å². The summed E-state index contributed by atoms with van der Waals surface area (Å²) in [6, 6.07) is 5.53. The monoisotopic (exact) mass is 239 g/mol. The number of nitrogen functional groups attached to an aromatic ring is 1. The highest BCUT2D eigenvalue weighted by Crippen LogP contribution is 2.22. The van der Waals surface area contributed by atoms with Crippen LogP contribution >= 0.6 is 11.6 Å². The first kappa shape index (κ1) is 11.1. The lowest BCUT2D eigenvalue weighted by Crippen LogP contribution is -2.31. The SMILES string of the molecule is Nc1cc(Cl)ccc1NCC1CCC(=O)N1. The van der Waals surface area contributed by atoms with Crippen LogP contribution in [-0.4, -0.2) is 18.5 Å². The Labute approximate surface area is 99.2 Å². The van der Waals surface area contributed by atoms with Gasteiger partial charge in [-0.3, -0.25) is 4.79 Å². The van der Waals surface area contributed by atoms with Gasteiger partial charge in [-0.25, -0.2) is 0 Å². The Morgan fingerprint density at radius 1 is 1.56 bits per heavy atom. The fourth-order valence-electron chi connectivity index (χ4n) is 1.76. The smallest absolute Gasteiger partial charge is 0.220 e. The number of amides is 1. The molecule has 1 aliphatic heterocycles. The van der Waals surface area contributed by atoms with Crippen molar-refractivity contribution >= 4 is 28.9 Å². The van der Waals surface area contributed by atoms with Gasteiger partial charge in [0.15, 0.2) is 0 Å². The van der Waals surface area contributed by atoms with Crippen LogP contribution in [0.2, 0.25) is 5.02 Å². The first-order chi connectivity index (χ1) is 7.65. The van der Waals surface area contributed by atoms with E-state index in [0.717, 1.165) is 12.1 Å². The van der Waals surface area contributed by atoms with Crippen LogP contribution in [-0.2, 0) is 4.79 Å². The lowest BCUT2D eigenvalue weighted by atomic mass is 10.2. The summed E-state index contributed by atoms with van der Waals surface area (Å²) in [6.07, 6.45) is 1.49. The molecule has 0 saturated carbocycles. The van der Waals surface area contributed by atoms with Crippen molar-refractivity contribution in [1.82, 2.24) is 5.32 Å². The molecule has 4 N–H and O–H groups in total. The topological polar surface area (TPSA) is 67.1 Å². The summed E-state index contributed by atoms with van der Waals surface area (Å²) < 4.78 is 0. The van der Waals surface area contributed by atoms with Gasteiger partial charge in [0.2, 0.25) is 5.91 Å². The van der Waals surface area contributed by atoms with Crippen LogP contribution < -0.4 is 16.4 Å². The third-order valence-corrected chi connectivity index (χ3v) is 2.87. The zero-order valence-electron chi connectivity index (χ0n) is 8.79. The summed E-state index contributed by atoms with van der Waals surface area (Å²) in [6.45, 7) is 0.692. The minimum Gasteiger partial charge on any atom is -0.397 e. The number of nitrogens with one attached hydrogen (secondary N) is 2. The molecule has 1 aliphatic rings. The number of halogens is 1. The molecule has 16 heavy (non-hydrogen) atoms. The van der Waals surface area contributed by atoms with Crippen molar-refractivity contribution in [3.63, 3.8) is 0 Å². The summed E-state index contributed by atoms with van der Waals surface area (Å²) in [5.74, 6) is 0.121. The van der Waals surface area contributed by atoms with Crippen molar-refractivity contribution in [3.8, 4) is 0 Å². The molecule has 1 aromatic carbocycles. The first-order valence-electron chi connectivity index (χ1n) is 5.23. The normalized spacial score (nSPS) is 19.6. The lowest BCUT2D eigenvalue weighted by molar-refractivity contribution is -0.119. The number of hydrogen-bond acceptors (Lipinski definition) is 3. The van der Waals surface area contributed by atoms with E-state index < -0.39 is 0 Å². The molecule has 0 spiro atoms. The van der Waals surface area contributed by atoms with Gasteiger partial charge in [0.25, 0.3) is 0 Å². The maximum atomic E-state index is 11.0. The van der Waals surface area contributed by atoms with Gasteiger partial charge in [-0.15, -0.1) is 0 Å². The molecule has 1 amide bonds. The van der Waals surface area contributed by atoms with E-state index in [4.69, 9.17) is 17.3 Å². The zero-order valence-corrected chi connectivity index (χ0v) is 9.55. The Morgan fingerprint density at radius 3 is 3.00 bits per heavy atom. The second kappa shape index (κ2) is 4.61. The molecule has 86 valence electrons. The Balaban J connectivity index is 1.92. The first-order valence-corrected chi connectivity index (χ1v) is 5.61. The predicted molar refractivity (Wildman–Crippen MR) is 65.5 cm³/mol. The standard InChI is InChI=1S/C11H14ClN3O/c12-7-1-3-10(9(13)5-7)14-6-8-2-4-11(16)15-8/h1,3,5,8,14H,2,4,6,13H2,(H,15,16). The Morgan fingerprint density at radius 2 is 2.38 bits per heavy atom. The average molecular weight is 240 g/mol. The summed E-state index contributed by atoms with van der Waals surface area (Å²) in [5, 5.41) is 6.71. The molecule has 0 bridgehead atoms. The zero-order chi connectivity index (χ0) is 11.5. The summed E-state index contributed by atoms with van der Waals surface area (Å²) in [5.41, 5.74) is 7.27. The molecule has 0 radical (unpaired) electrons. The molecule has 0 aromatic heterocycles. The molecule has 4 nitrogen and oxygen atoms in total. The van der Waals surface area contributed by atoms with Crippen LogP contribution in [0, 0.1) is 0 Å². The predicted octanol–water partition coefficient (Wildman–Crippen LogP) is 1.61. The van der Waals surface area contributed by atoms with Crippen LogP contribution in [0.4, 0.5) is 11.4 Å². The highest BCUT2D eigenvalue weighted by Gasteiger charge is 2.20. The minimum absolute atomic E-state index is 0.121. The van der Waals surface area contributed by atoms with Crippen molar-refractivity contribution in [1.29, 1.82) is 0 Å². The Hall–Kier alpha value is -1.42. The van der Waals surface area contributed by atoms with Gasteiger partial charge in [-0.05, 0) is 24.6 Å². The largest absolute Gasteiger partial charge is 0.397 e. The third-order valence-electron chi connectivity index (χ3n) is 2.64. The van der Waals surface area contributed by atoms with Gasteiger partial charge in [0.05, 0.1) is 11.4 Å². The Kier molecular flexibility index (Phi) is 3.19. The van der Waals surface area contributed by atoms with E-state index in [1.165, 1.54) is 0 Å². The number of hydrogen-bond donors (Lipinski definition) is 3. The number of anilines is 2. The summed E-state index contributed by atoms with van der Waals surface area (Å²) in [4.78, 5) is 11.0. The molecule has 1 aromatic rings. The quantitative estimate of drug-likeness (QED) is 0.702. The molecule has 5 heteroatoms. The van der Waals surface area contributed by atoms with Crippen LogP contribution in [0.5, 0.6) is 0 Å². The molecule has 0 aliphatic carbocycles. The highest BCUT2D eigenvalue weighted by molar-refractivity contribution is 6.31. The highest BCUT2D eigenvalue weighted by atomic mass is 35.5. The third kappa shape index (κ3) is 2.58. The molecular weight excluding hydrogens is 226 g/mol. The average Bonchev–Trinajstić information content (AvgIpc) is 2.63.